The summed E-state index contributed by atoms with van der Waals surface area (Å²) in [5.41, 5.74) is 0.505. The first-order valence-electron chi connectivity index (χ1n) is 5.85. The zero-order valence-corrected chi connectivity index (χ0v) is 11.4. The predicted molar refractivity (Wildman–Crippen MR) is 67.0 cm³/mol. The first kappa shape index (κ1) is 12.6. The van der Waals surface area contributed by atoms with Gasteiger partial charge in [0.15, 0.2) is 0 Å². The molecule has 94 valence electrons. The van der Waals surface area contributed by atoms with Gasteiger partial charge in [-0.3, -0.25) is 4.68 Å². The fraction of sp³-hybridized carbons (Fsp3) is 0.636. The third kappa shape index (κ3) is 2.69. The molecule has 0 amide bonds. The van der Waals surface area contributed by atoms with E-state index >= 15 is 0 Å². The van der Waals surface area contributed by atoms with E-state index in [0.29, 0.717) is 18.2 Å². The summed E-state index contributed by atoms with van der Waals surface area (Å²) < 4.78 is 7.58. The molecule has 5 nitrogen and oxygen atoms in total. The average molecular weight is 302 g/mol. The van der Waals surface area contributed by atoms with Gasteiger partial charge in [0.25, 0.3) is 0 Å². The molecule has 1 saturated heterocycles. The Labute approximate surface area is 109 Å². The molecule has 2 heterocycles. The highest BCUT2D eigenvalue weighted by Crippen LogP contribution is 2.26. The number of carbonyl (C=O) groups excluding carboxylic acids is 1. The minimum absolute atomic E-state index is 0.320. The molecule has 6 heteroatoms. The van der Waals surface area contributed by atoms with Crippen molar-refractivity contribution in [3.63, 3.8) is 0 Å². The summed E-state index contributed by atoms with van der Waals surface area (Å²) in [6, 6.07) is 0.355. The Morgan fingerprint density at radius 1 is 1.65 bits per heavy atom. The molecule has 1 aliphatic rings. The minimum atomic E-state index is -0.320. The van der Waals surface area contributed by atoms with Gasteiger partial charge in [0.1, 0.15) is 10.2 Å². The number of halogens is 1. The molecule has 0 atom stereocenters. The van der Waals surface area contributed by atoms with E-state index in [4.69, 9.17) is 4.74 Å². The zero-order chi connectivity index (χ0) is 12.3. The van der Waals surface area contributed by atoms with E-state index in [9.17, 15) is 4.79 Å². The number of piperidine rings is 1. The van der Waals surface area contributed by atoms with Crippen LogP contribution in [0.1, 0.15) is 36.2 Å². The standard InChI is InChI=1S/C11H16BrN3O2/c1-2-17-11(16)9-7-14-15(10(9)12)8-3-5-13-6-4-8/h7-8,13H,2-6H2,1H3. The quantitative estimate of drug-likeness (QED) is 0.864. The maximum absolute atomic E-state index is 11.6. The average Bonchev–Trinajstić information content (AvgIpc) is 2.72. The summed E-state index contributed by atoms with van der Waals surface area (Å²) in [6.07, 6.45) is 3.63. The van der Waals surface area contributed by atoms with Gasteiger partial charge in [-0.1, -0.05) is 0 Å². The molecule has 0 spiro atoms. The SMILES string of the molecule is CCOC(=O)c1cnn(C2CCNCC2)c1Br. The van der Waals surface area contributed by atoms with E-state index in [0.717, 1.165) is 30.5 Å². The summed E-state index contributed by atoms with van der Waals surface area (Å²) in [5, 5.41) is 7.59. The van der Waals surface area contributed by atoms with Crippen molar-refractivity contribution in [2.45, 2.75) is 25.8 Å². The molecule has 0 bridgehead atoms. The topological polar surface area (TPSA) is 56.1 Å². The van der Waals surface area contributed by atoms with E-state index in [2.05, 4.69) is 26.3 Å². The molecule has 0 radical (unpaired) electrons. The Hall–Kier alpha value is -0.880. The Morgan fingerprint density at radius 3 is 3.00 bits per heavy atom. The fourth-order valence-electron chi connectivity index (χ4n) is 2.00. The molecule has 2 rings (SSSR count). The maximum atomic E-state index is 11.6. The van der Waals surface area contributed by atoms with Crippen molar-refractivity contribution in [3.05, 3.63) is 16.4 Å². The normalized spacial score (nSPS) is 17.1. The predicted octanol–water partition coefficient (Wildman–Crippen LogP) is 1.75. The molecule has 1 aromatic heterocycles. The van der Waals surface area contributed by atoms with Crippen molar-refractivity contribution in [1.82, 2.24) is 15.1 Å². The van der Waals surface area contributed by atoms with Gasteiger partial charge in [-0.15, -0.1) is 0 Å². The molecule has 0 saturated carbocycles. The van der Waals surface area contributed by atoms with Crippen LogP contribution in [0.4, 0.5) is 0 Å². The summed E-state index contributed by atoms with van der Waals surface area (Å²) in [5.74, 6) is -0.320. The first-order valence-corrected chi connectivity index (χ1v) is 6.64. The Bertz CT molecular complexity index is 399. The highest BCUT2D eigenvalue weighted by Gasteiger charge is 2.22. The van der Waals surface area contributed by atoms with Crippen molar-refractivity contribution >= 4 is 21.9 Å². The van der Waals surface area contributed by atoms with Crippen LogP contribution in [0.25, 0.3) is 0 Å². The summed E-state index contributed by atoms with van der Waals surface area (Å²) >= 11 is 3.44. The van der Waals surface area contributed by atoms with Crippen molar-refractivity contribution in [2.24, 2.45) is 0 Å². The van der Waals surface area contributed by atoms with E-state index in [1.165, 1.54) is 0 Å². The zero-order valence-electron chi connectivity index (χ0n) is 9.78. The monoisotopic (exact) mass is 301 g/mol. The molecule has 1 aliphatic heterocycles. The van der Waals surface area contributed by atoms with E-state index in [1.54, 1.807) is 13.1 Å². The highest BCUT2D eigenvalue weighted by molar-refractivity contribution is 9.10. The van der Waals surface area contributed by atoms with E-state index in [-0.39, 0.29) is 5.97 Å². The summed E-state index contributed by atoms with van der Waals surface area (Å²) in [4.78, 5) is 11.6. The lowest BCUT2D eigenvalue weighted by molar-refractivity contribution is 0.0525. The smallest absolute Gasteiger partial charge is 0.342 e. The first-order chi connectivity index (χ1) is 8.24. The van der Waals surface area contributed by atoms with Crippen LogP contribution < -0.4 is 5.32 Å². The molecule has 1 aromatic rings. The van der Waals surface area contributed by atoms with E-state index < -0.39 is 0 Å². The second-order valence-electron chi connectivity index (χ2n) is 4.00. The minimum Gasteiger partial charge on any atom is -0.462 e. The number of nitrogens with one attached hydrogen (secondary N) is 1. The van der Waals surface area contributed by atoms with Crippen molar-refractivity contribution in [1.29, 1.82) is 0 Å². The third-order valence-electron chi connectivity index (χ3n) is 2.88. The van der Waals surface area contributed by atoms with Gasteiger partial charge in [0.2, 0.25) is 0 Å². The lowest BCUT2D eigenvalue weighted by Gasteiger charge is -2.23. The van der Waals surface area contributed by atoms with Crippen LogP contribution in [0, 0.1) is 0 Å². The number of aromatic nitrogens is 2. The summed E-state index contributed by atoms with van der Waals surface area (Å²) in [7, 11) is 0. The lowest BCUT2D eigenvalue weighted by atomic mass is 10.1. The number of esters is 1. The molecule has 1 N–H and O–H groups in total. The molecule has 0 aromatic carbocycles. The van der Waals surface area contributed by atoms with E-state index in [1.807, 2.05) is 4.68 Å². The lowest BCUT2D eigenvalue weighted by Crippen LogP contribution is -2.30. The number of ether oxygens (including phenoxy) is 1. The molecule has 0 unspecified atom stereocenters. The molecule has 0 aliphatic carbocycles. The van der Waals surface area contributed by atoms with Gasteiger partial charge < -0.3 is 10.1 Å². The maximum Gasteiger partial charge on any atom is 0.342 e. The van der Waals surface area contributed by atoms with Crippen LogP contribution in [-0.4, -0.2) is 35.4 Å². The fourth-order valence-corrected chi connectivity index (χ4v) is 2.64. The second kappa shape index (κ2) is 5.64. The second-order valence-corrected chi connectivity index (χ2v) is 4.75. The van der Waals surface area contributed by atoms with Crippen LogP contribution in [-0.2, 0) is 4.74 Å². The number of hydrogen-bond acceptors (Lipinski definition) is 4. The third-order valence-corrected chi connectivity index (χ3v) is 3.68. The van der Waals surface area contributed by atoms with Gasteiger partial charge in [0, 0.05) is 0 Å². The number of carbonyl (C=O) groups is 1. The van der Waals surface area contributed by atoms with Crippen LogP contribution >= 0.6 is 15.9 Å². The van der Waals surface area contributed by atoms with Gasteiger partial charge in [0.05, 0.1) is 18.8 Å². The Kier molecular flexibility index (Phi) is 4.17. The van der Waals surface area contributed by atoms with Gasteiger partial charge in [-0.05, 0) is 48.8 Å². The van der Waals surface area contributed by atoms with Crippen molar-refractivity contribution < 1.29 is 9.53 Å². The molecular formula is C11H16BrN3O2. The van der Waals surface area contributed by atoms with Crippen molar-refractivity contribution in [3.8, 4) is 0 Å². The molecule has 17 heavy (non-hydrogen) atoms. The van der Waals surface area contributed by atoms with Gasteiger partial charge >= 0.3 is 5.97 Å². The van der Waals surface area contributed by atoms with Gasteiger partial charge in [-0.25, -0.2) is 4.79 Å². The molecule has 1 fully saturated rings. The Balaban J connectivity index is 2.16. The van der Waals surface area contributed by atoms with Gasteiger partial charge in [-0.2, -0.15) is 5.10 Å². The van der Waals surface area contributed by atoms with Crippen LogP contribution in [0.3, 0.4) is 0 Å². The largest absolute Gasteiger partial charge is 0.462 e. The molecular weight excluding hydrogens is 286 g/mol. The Morgan fingerprint density at radius 2 is 2.35 bits per heavy atom. The number of nitrogens with zero attached hydrogens (tertiary/aromatic N) is 2. The summed E-state index contributed by atoms with van der Waals surface area (Å²) in [6.45, 7) is 4.16. The van der Waals surface area contributed by atoms with Crippen LogP contribution in [0.5, 0.6) is 0 Å². The van der Waals surface area contributed by atoms with Crippen LogP contribution in [0.15, 0.2) is 10.8 Å². The number of hydrogen-bond donors (Lipinski definition) is 1. The highest BCUT2D eigenvalue weighted by atomic mass is 79.9. The van der Waals surface area contributed by atoms with Crippen molar-refractivity contribution in [2.75, 3.05) is 19.7 Å². The van der Waals surface area contributed by atoms with Crippen LogP contribution in [0.2, 0.25) is 0 Å². The number of rotatable bonds is 3.